The molecule has 0 atom stereocenters. The van der Waals surface area contributed by atoms with E-state index in [-0.39, 0.29) is 30.1 Å². The number of nitrogens with zero attached hydrogens (tertiary/aromatic N) is 2. The molecule has 1 saturated heterocycles. The summed E-state index contributed by atoms with van der Waals surface area (Å²) in [5.41, 5.74) is 0.501. The maximum absolute atomic E-state index is 12.0. The third-order valence-corrected chi connectivity index (χ3v) is 4.35. The first-order chi connectivity index (χ1) is 10.5. The molecule has 0 bridgehead atoms. The number of carbonyl (C=O) groups is 3. The summed E-state index contributed by atoms with van der Waals surface area (Å²) in [4.78, 5) is 38.2. The van der Waals surface area contributed by atoms with E-state index in [1.54, 1.807) is 24.3 Å². The van der Waals surface area contributed by atoms with Crippen molar-refractivity contribution in [3.63, 3.8) is 0 Å². The van der Waals surface area contributed by atoms with Crippen LogP contribution in [0.2, 0.25) is 5.02 Å². The van der Waals surface area contributed by atoms with Crippen LogP contribution in [-0.2, 0) is 9.59 Å². The molecule has 2 rings (SSSR count). The Labute approximate surface area is 137 Å². The number of hydrogen-bond donors (Lipinski definition) is 1. The van der Waals surface area contributed by atoms with Crippen LogP contribution in [0.5, 0.6) is 0 Å². The molecule has 22 heavy (non-hydrogen) atoms. The van der Waals surface area contributed by atoms with Crippen LogP contribution >= 0.6 is 23.4 Å². The van der Waals surface area contributed by atoms with Gasteiger partial charge in [-0.05, 0) is 12.1 Å². The SMILES string of the molecule is CN(CC(=O)Nc1ccccc1Cl)C(=O)CN1CCSC1=O. The maximum Gasteiger partial charge on any atom is 0.282 e. The Kier molecular flexibility index (Phi) is 5.68. The van der Waals surface area contributed by atoms with Crippen LogP contribution in [0.4, 0.5) is 10.5 Å². The number of halogens is 1. The van der Waals surface area contributed by atoms with Crippen molar-refractivity contribution in [1.82, 2.24) is 9.80 Å². The highest BCUT2D eigenvalue weighted by Crippen LogP contribution is 2.20. The quantitative estimate of drug-likeness (QED) is 0.888. The molecule has 1 aliphatic heterocycles. The average molecular weight is 342 g/mol. The molecule has 1 aliphatic rings. The van der Waals surface area contributed by atoms with Gasteiger partial charge in [0.25, 0.3) is 5.24 Å². The largest absolute Gasteiger partial charge is 0.335 e. The highest BCUT2D eigenvalue weighted by molar-refractivity contribution is 8.13. The second-order valence-corrected chi connectivity index (χ2v) is 6.27. The smallest absolute Gasteiger partial charge is 0.282 e. The van der Waals surface area contributed by atoms with Crippen LogP contribution in [0.3, 0.4) is 0 Å². The van der Waals surface area contributed by atoms with E-state index < -0.39 is 0 Å². The van der Waals surface area contributed by atoms with Gasteiger partial charge in [-0.25, -0.2) is 0 Å². The molecule has 1 heterocycles. The molecule has 118 valence electrons. The number of rotatable bonds is 5. The van der Waals surface area contributed by atoms with Crippen molar-refractivity contribution in [1.29, 1.82) is 0 Å². The van der Waals surface area contributed by atoms with Gasteiger partial charge < -0.3 is 15.1 Å². The predicted molar refractivity (Wildman–Crippen MR) is 87.1 cm³/mol. The molecule has 6 nitrogen and oxygen atoms in total. The molecule has 1 aromatic carbocycles. The minimum Gasteiger partial charge on any atom is -0.335 e. The number of likely N-dealkylation sites (N-methyl/N-ethyl adjacent to an activating group) is 1. The first-order valence-corrected chi connectivity index (χ1v) is 8.04. The van der Waals surface area contributed by atoms with Crippen molar-refractivity contribution in [3.8, 4) is 0 Å². The number of thioether (sulfide) groups is 1. The molecule has 1 aromatic rings. The van der Waals surface area contributed by atoms with Crippen molar-refractivity contribution < 1.29 is 14.4 Å². The van der Waals surface area contributed by atoms with Gasteiger partial charge in [0, 0.05) is 19.3 Å². The second-order valence-electron chi connectivity index (χ2n) is 4.81. The third kappa shape index (κ3) is 4.38. The minimum atomic E-state index is -0.342. The summed E-state index contributed by atoms with van der Waals surface area (Å²) in [6.45, 7) is 0.468. The predicted octanol–water partition coefficient (Wildman–Crippen LogP) is 1.91. The lowest BCUT2D eigenvalue weighted by molar-refractivity contribution is -0.133. The van der Waals surface area contributed by atoms with Crippen LogP contribution in [0.15, 0.2) is 24.3 Å². The van der Waals surface area contributed by atoms with Crippen molar-refractivity contribution >= 4 is 46.1 Å². The fourth-order valence-electron chi connectivity index (χ4n) is 1.91. The summed E-state index contributed by atoms with van der Waals surface area (Å²) in [5, 5.41) is 2.99. The van der Waals surface area contributed by atoms with Crippen molar-refractivity contribution in [2.75, 3.05) is 37.8 Å². The van der Waals surface area contributed by atoms with E-state index >= 15 is 0 Å². The third-order valence-electron chi connectivity index (χ3n) is 3.13. The van der Waals surface area contributed by atoms with Crippen molar-refractivity contribution in [3.05, 3.63) is 29.3 Å². The molecule has 0 spiro atoms. The molecule has 0 aliphatic carbocycles. The lowest BCUT2D eigenvalue weighted by atomic mass is 10.3. The Balaban J connectivity index is 1.84. The summed E-state index contributed by atoms with van der Waals surface area (Å²) in [6.07, 6.45) is 0. The minimum absolute atomic E-state index is 0.00169. The number of amides is 3. The number of hydrogen-bond acceptors (Lipinski definition) is 4. The zero-order chi connectivity index (χ0) is 16.1. The first kappa shape index (κ1) is 16.6. The molecular weight excluding hydrogens is 326 g/mol. The van der Waals surface area contributed by atoms with E-state index in [9.17, 15) is 14.4 Å². The Morgan fingerprint density at radius 2 is 2.14 bits per heavy atom. The zero-order valence-electron chi connectivity index (χ0n) is 12.0. The van der Waals surface area contributed by atoms with Gasteiger partial charge in [0.15, 0.2) is 0 Å². The van der Waals surface area contributed by atoms with E-state index in [4.69, 9.17) is 11.6 Å². The molecule has 3 amide bonds. The number of anilines is 1. The van der Waals surface area contributed by atoms with Gasteiger partial charge in [0.1, 0.15) is 6.54 Å². The van der Waals surface area contributed by atoms with Gasteiger partial charge in [0.2, 0.25) is 11.8 Å². The summed E-state index contributed by atoms with van der Waals surface area (Å²) >= 11 is 7.15. The number of para-hydroxylation sites is 1. The Morgan fingerprint density at radius 1 is 1.41 bits per heavy atom. The fourth-order valence-corrected chi connectivity index (χ4v) is 2.92. The van der Waals surface area contributed by atoms with Crippen LogP contribution < -0.4 is 5.32 Å². The van der Waals surface area contributed by atoms with Crippen LogP contribution in [0.25, 0.3) is 0 Å². The standard InChI is InChI=1S/C14H16ClN3O3S/c1-17(13(20)9-18-6-7-22-14(18)21)8-12(19)16-11-5-3-2-4-10(11)15/h2-5H,6-9H2,1H3,(H,16,19). The van der Waals surface area contributed by atoms with E-state index in [1.165, 1.54) is 28.6 Å². The van der Waals surface area contributed by atoms with E-state index in [1.807, 2.05) is 0 Å². The van der Waals surface area contributed by atoms with Crippen molar-refractivity contribution in [2.24, 2.45) is 0 Å². The Bertz CT molecular complexity index is 596. The van der Waals surface area contributed by atoms with Crippen LogP contribution in [0, 0.1) is 0 Å². The molecule has 1 N–H and O–H groups in total. The van der Waals surface area contributed by atoms with Gasteiger partial charge >= 0.3 is 0 Å². The first-order valence-electron chi connectivity index (χ1n) is 6.67. The highest BCUT2D eigenvalue weighted by atomic mass is 35.5. The van der Waals surface area contributed by atoms with Gasteiger partial charge in [-0.3, -0.25) is 14.4 Å². The van der Waals surface area contributed by atoms with E-state index in [2.05, 4.69) is 5.32 Å². The molecule has 0 aromatic heterocycles. The summed E-state index contributed by atoms with van der Waals surface area (Å²) in [5.74, 6) is 0.0826. The van der Waals surface area contributed by atoms with Gasteiger partial charge in [-0.1, -0.05) is 35.5 Å². The molecule has 0 radical (unpaired) electrons. The summed E-state index contributed by atoms with van der Waals surface area (Å²) < 4.78 is 0. The fraction of sp³-hybridized carbons (Fsp3) is 0.357. The normalized spacial score (nSPS) is 14.1. The molecule has 8 heteroatoms. The highest BCUT2D eigenvalue weighted by Gasteiger charge is 2.25. The topological polar surface area (TPSA) is 69.7 Å². The molecular formula is C14H16ClN3O3S. The summed E-state index contributed by atoms with van der Waals surface area (Å²) in [7, 11) is 1.53. The lowest BCUT2D eigenvalue weighted by Gasteiger charge is -2.20. The molecule has 0 saturated carbocycles. The lowest BCUT2D eigenvalue weighted by Crippen LogP contribution is -2.41. The number of benzene rings is 1. The molecule has 1 fully saturated rings. The van der Waals surface area contributed by atoms with Crippen LogP contribution in [-0.4, -0.2) is 59.3 Å². The van der Waals surface area contributed by atoms with Gasteiger partial charge in [-0.2, -0.15) is 0 Å². The Morgan fingerprint density at radius 3 is 2.77 bits per heavy atom. The molecule has 0 unspecified atom stereocenters. The Hall–Kier alpha value is -1.73. The average Bonchev–Trinajstić information content (AvgIpc) is 2.86. The van der Waals surface area contributed by atoms with E-state index in [0.717, 1.165) is 0 Å². The van der Waals surface area contributed by atoms with Gasteiger partial charge in [-0.15, -0.1) is 0 Å². The van der Waals surface area contributed by atoms with Crippen LogP contribution in [0.1, 0.15) is 0 Å². The zero-order valence-corrected chi connectivity index (χ0v) is 13.6. The number of nitrogens with one attached hydrogen (secondary N) is 1. The monoisotopic (exact) mass is 341 g/mol. The number of carbonyl (C=O) groups excluding carboxylic acids is 3. The van der Waals surface area contributed by atoms with Crippen molar-refractivity contribution in [2.45, 2.75) is 0 Å². The summed E-state index contributed by atoms with van der Waals surface area (Å²) in [6, 6.07) is 6.87. The van der Waals surface area contributed by atoms with E-state index in [0.29, 0.717) is 23.0 Å². The maximum atomic E-state index is 12.0. The second kappa shape index (κ2) is 7.51. The van der Waals surface area contributed by atoms with Gasteiger partial charge in [0.05, 0.1) is 17.3 Å².